The number of ether oxygens (including phenoxy) is 1. The van der Waals surface area contributed by atoms with Crippen molar-refractivity contribution in [1.82, 2.24) is 4.98 Å². The van der Waals surface area contributed by atoms with Crippen LogP contribution in [-0.2, 0) is 0 Å². The zero-order valence-corrected chi connectivity index (χ0v) is 5.94. The van der Waals surface area contributed by atoms with Crippen molar-refractivity contribution in [3.63, 3.8) is 0 Å². The van der Waals surface area contributed by atoms with Crippen LogP contribution in [0.3, 0.4) is 0 Å². The third-order valence-electron chi connectivity index (χ3n) is 0.915. The van der Waals surface area contributed by atoms with Crippen molar-refractivity contribution in [2.45, 2.75) is 0 Å². The van der Waals surface area contributed by atoms with Crippen molar-refractivity contribution in [3.05, 3.63) is 23.1 Å². The second kappa shape index (κ2) is 2.84. The van der Waals surface area contributed by atoms with Crippen molar-refractivity contribution in [2.75, 3.05) is 7.11 Å². The zero-order valence-electron chi connectivity index (χ0n) is 5.19. The molecule has 0 N–H and O–H groups in total. The molecule has 1 radical (unpaired) electrons. The molecule has 2 nitrogen and oxygen atoms in total. The minimum Gasteiger partial charge on any atom is -0.479 e. The Morgan fingerprint density at radius 2 is 2.50 bits per heavy atom. The van der Waals surface area contributed by atoms with Gasteiger partial charge < -0.3 is 4.74 Å². The molecule has 1 rings (SSSR count). The molecule has 10 heavy (non-hydrogen) atoms. The second-order valence-corrected chi connectivity index (χ2v) is 1.91. The average molecular weight is 161 g/mol. The summed E-state index contributed by atoms with van der Waals surface area (Å²) in [6.07, 6.45) is 0. The number of methoxy groups -OCH3 is 1. The average Bonchev–Trinajstić information content (AvgIpc) is 1.94. The van der Waals surface area contributed by atoms with Crippen LogP contribution in [0.1, 0.15) is 0 Å². The fourth-order valence-electron chi connectivity index (χ4n) is 0.503. The van der Waals surface area contributed by atoms with E-state index in [0.29, 0.717) is 0 Å². The molecule has 0 unspecified atom stereocenters. The summed E-state index contributed by atoms with van der Waals surface area (Å²) in [5.41, 5.74) is 0. The van der Waals surface area contributed by atoms with E-state index in [1.165, 1.54) is 7.11 Å². The molecule has 0 aliphatic carbocycles. The number of aromatic nitrogens is 1. The summed E-state index contributed by atoms with van der Waals surface area (Å²) < 4.78 is 17.0. The van der Waals surface area contributed by atoms with Gasteiger partial charge in [0.05, 0.1) is 7.11 Å². The molecule has 0 amide bonds. The standard InChI is InChI=1S/C6H4ClFNO/c1-10-6-4(8)2-3-5(7)9-6/h2H,1H3. The van der Waals surface area contributed by atoms with Gasteiger partial charge in [-0.25, -0.2) is 4.39 Å². The molecule has 53 valence electrons. The summed E-state index contributed by atoms with van der Waals surface area (Å²) in [6.45, 7) is 0. The number of pyridine rings is 1. The molecule has 0 saturated heterocycles. The lowest BCUT2D eigenvalue weighted by Crippen LogP contribution is -1.91. The molecular formula is C6H4ClFNO. The number of halogens is 2. The van der Waals surface area contributed by atoms with E-state index in [-0.39, 0.29) is 11.0 Å². The van der Waals surface area contributed by atoms with E-state index in [1.807, 2.05) is 0 Å². The van der Waals surface area contributed by atoms with E-state index in [0.717, 1.165) is 6.07 Å². The molecule has 0 aliphatic heterocycles. The highest BCUT2D eigenvalue weighted by atomic mass is 35.5. The van der Waals surface area contributed by atoms with Crippen LogP contribution in [0.25, 0.3) is 0 Å². The van der Waals surface area contributed by atoms with Crippen molar-refractivity contribution in [2.24, 2.45) is 0 Å². The van der Waals surface area contributed by atoms with Gasteiger partial charge in [-0.3, -0.25) is 0 Å². The Balaban J connectivity index is 3.09. The van der Waals surface area contributed by atoms with Crippen LogP contribution in [0.2, 0.25) is 5.15 Å². The van der Waals surface area contributed by atoms with E-state index >= 15 is 0 Å². The quantitative estimate of drug-likeness (QED) is 0.584. The van der Waals surface area contributed by atoms with Crippen molar-refractivity contribution in [3.8, 4) is 5.88 Å². The maximum atomic E-state index is 12.5. The Bertz CT molecular complexity index is 241. The topological polar surface area (TPSA) is 22.1 Å². The maximum Gasteiger partial charge on any atom is 0.251 e. The normalized spacial score (nSPS) is 9.50. The Kier molecular flexibility index (Phi) is 2.06. The second-order valence-electron chi connectivity index (χ2n) is 1.55. The van der Waals surface area contributed by atoms with Gasteiger partial charge in [0.2, 0.25) is 0 Å². The van der Waals surface area contributed by atoms with Gasteiger partial charge in [0.25, 0.3) is 5.88 Å². The minimum absolute atomic E-state index is 0.0956. The van der Waals surface area contributed by atoms with Gasteiger partial charge in [0.1, 0.15) is 5.15 Å². The monoisotopic (exact) mass is 160 g/mol. The zero-order chi connectivity index (χ0) is 7.56. The summed E-state index contributed by atoms with van der Waals surface area (Å²) in [4.78, 5) is 3.50. The Morgan fingerprint density at radius 3 is 3.00 bits per heavy atom. The summed E-state index contributed by atoms with van der Waals surface area (Å²) >= 11 is 5.38. The fourth-order valence-corrected chi connectivity index (χ4v) is 0.634. The maximum absolute atomic E-state index is 12.5. The first-order valence-electron chi connectivity index (χ1n) is 2.51. The van der Waals surface area contributed by atoms with E-state index in [4.69, 9.17) is 11.6 Å². The van der Waals surface area contributed by atoms with Gasteiger partial charge in [0.15, 0.2) is 5.82 Å². The highest BCUT2D eigenvalue weighted by Crippen LogP contribution is 2.15. The first kappa shape index (κ1) is 7.28. The summed E-state index contributed by atoms with van der Waals surface area (Å²) in [6, 6.07) is 3.45. The lowest BCUT2D eigenvalue weighted by atomic mass is 10.5. The summed E-state index contributed by atoms with van der Waals surface area (Å²) in [7, 11) is 1.32. The van der Waals surface area contributed by atoms with E-state index < -0.39 is 5.82 Å². The molecule has 4 heteroatoms. The minimum atomic E-state index is -0.563. The van der Waals surface area contributed by atoms with Crippen molar-refractivity contribution >= 4 is 11.6 Å². The van der Waals surface area contributed by atoms with Gasteiger partial charge in [0, 0.05) is 6.07 Å². The number of nitrogens with zero attached hydrogens (tertiary/aromatic N) is 1. The lowest BCUT2D eigenvalue weighted by molar-refractivity contribution is 0.369. The van der Waals surface area contributed by atoms with Gasteiger partial charge in [-0.05, 0) is 6.07 Å². The lowest BCUT2D eigenvalue weighted by Gasteiger charge is -1.97. The van der Waals surface area contributed by atoms with Crippen LogP contribution in [-0.4, -0.2) is 12.1 Å². The highest BCUT2D eigenvalue weighted by Gasteiger charge is 2.02. The molecule has 1 aromatic heterocycles. The largest absolute Gasteiger partial charge is 0.479 e. The highest BCUT2D eigenvalue weighted by molar-refractivity contribution is 6.29. The summed E-state index contributed by atoms with van der Waals surface area (Å²) in [5, 5.41) is 0.0956. The SMILES string of the molecule is COc1nc(Cl)[c]cc1F. The van der Waals surface area contributed by atoms with E-state index in [1.54, 1.807) is 0 Å². The van der Waals surface area contributed by atoms with Crippen molar-refractivity contribution < 1.29 is 9.13 Å². The predicted molar refractivity (Wildman–Crippen MR) is 34.6 cm³/mol. The Hall–Kier alpha value is -0.830. The molecule has 0 atom stereocenters. The fraction of sp³-hybridized carbons (Fsp3) is 0.167. The molecule has 0 aliphatic rings. The molecule has 0 spiro atoms. The van der Waals surface area contributed by atoms with E-state index in [9.17, 15) is 4.39 Å². The molecule has 1 aromatic rings. The van der Waals surface area contributed by atoms with Gasteiger partial charge in [-0.1, -0.05) is 11.6 Å². The molecule has 0 bridgehead atoms. The number of hydrogen-bond donors (Lipinski definition) is 0. The number of hydrogen-bond acceptors (Lipinski definition) is 2. The number of rotatable bonds is 1. The van der Waals surface area contributed by atoms with Crippen LogP contribution >= 0.6 is 11.6 Å². The molecule has 0 aromatic carbocycles. The van der Waals surface area contributed by atoms with Gasteiger partial charge >= 0.3 is 0 Å². The third kappa shape index (κ3) is 1.36. The van der Waals surface area contributed by atoms with E-state index in [2.05, 4.69) is 15.8 Å². The molecular weight excluding hydrogens is 157 g/mol. The van der Waals surface area contributed by atoms with Crippen LogP contribution in [0.15, 0.2) is 6.07 Å². The Labute approximate surface area is 62.6 Å². The molecule has 0 saturated carbocycles. The third-order valence-corrected chi connectivity index (χ3v) is 1.11. The van der Waals surface area contributed by atoms with Crippen LogP contribution in [0, 0.1) is 11.9 Å². The first-order valence-corrected chi connectivity index (χ1v) is 2.89. The van der Waals surface area contributed by atoms with Gasteiger partial charge in [-0.2, -0.15) is 4.98 Å². The van der Waals surface area contributed by atoms with Crippen LogP contribution in [0.4, 0.5) is 4.39 Å². The first-order chi connectivity index (χ1) is 4.74. The molecule has 1 heterocycles. The van der Waals surface area contributed by atoms with Crippen LogP contribution < -0.4 is 4.74 Å². The summed E-state index contributed by atoms with van der Waals surface area (Å²) in [5.74, 6) is -0.671. The van der Waals surface area contributed by atoms with Crippen LogP contribution in [0.5, 0.6) is 5.88 Å². The van der Waals surface area contributed by atoms with Crippen molar-refractivity contribution in [1.29, 1.82) is 0 Å². The Morgan fingerprint density at radius 1 is 1.80 bits per heavy atom. The van der Waals surface area contributed by atoms with Gasteiger partial charge in [-0.15, -0.1) is 0 Å². The smallest absolute Gasteiger partial charge is 0.251 e. The molecule has 0 fully saturated rings. The predicted octanol–water partition coefficient (Wildman–Crippen LogP) is 1.68.